The molecular formula is C23H28N4O3. The number of aromatic carboxylic acids is 1. The maximum absolute atomic E-state index is 11.3. The van der Waals surface area contributed by atoms with Gasteiger partial charge in [0, 0.05) is 64.2 Å². The van der Waals surface area contributed by atoms with Crippen molar-refractivity contribution in [1.82, 2.24) is 19.7 Å². The maximum atomic E-state index is 11.3. The lowest BCUT2D eigenvalue weighted by Crippen LogP contribution is -2.77. The molecule has 3 fully saturated rings. The summed E-state index contributed by atoms with van der Waals surface area (Å²) in [5.41, 5.74) is 2.66. The summed E-state index contributed by atoms with van der Waals surface area (Å²) in [6.45, 7) is 6.25. The van der Waals surface area contributed by atoms with E-state index in [0.717, 1.165) is 57.8 Å². The summed E-state index contributed by atoms with van der Waals surface area (Å²) in [4.78, 5) is 22.9. The summed E-state index contributed by atoms with van der Waals surface area (Å²) in [6.07, 6.45) is 4.34. The summed E-state index contributed by atoms with van der Waals surface area (Å²) in [7, 11) is 0. The monoisotopic (exact) mass is 408 g/mol. The van der Waals surface area contributed by atoms with Gasteiger partial charge in [0.1, 0.15) is 0 Å². The Morgan fingerprint density at radius 2 is 1.83 bits per heavy atom. The van der Waals surface area contributed by atoms with E-state index in [1.807, 2.05) is 24.4 Å². The van der Waals surface area contributed by atoms with Gasteiger partial charge in [0.25, 0.3) is 0 Å². The van der Waals surface area contributed by atoms with Gasteiger partial charge < -0.3 is 10.2 Å². The summed E-state index contributed by atoms with van der Waals surface area (Å²) in [6, 6.07) is 11.7. The van der Waals surface area contributed by atoms with E-state index in [2.05, 4.69) is 25.8 Å². The zero-order valence-electron chi connectivity index (χ0n) is 17.0. The highest BCUT2D eigenvalue weighted by Gasteiger charge is 2.55. The third-order valence-electron chi connectivity index (χ3n) is 6.73. The number of carbonyl (C=O) groups is 1. The highest BCUT2D eigenvalue weighted by Crippen LogP contribution is 2.39. The number of aromatic nitrogens is 1. The number of fused-ring (bicyclic) bond motifs is 2. The molecule has 1 aromatic heterocycles. The first kappa shape index (κ1) is 19.6. The number of benzene rings is 1. The molecule has 7 heteroatoms. The molecule has 2 aromatic rings. The second kappa shape index (κ2) is 7.74. The zero-order valence-corrected chi connectivity index (χ0v) is 17.0. The molecule has 0 radical (unpaired) electrons. The molecule has 0 bridgehead atoms. The lowest BCUT2D eigenvalue weighted by atomic mass is 9.83. The van der Waals surface area contributed by atoms with E-state index in [1.165, 1.54) is 5.56 Å². The number of rotatable bonds is 5. The first-order valence-electron chi connectivity index (χ1n) is 10.6. The number of β-amino-alcohol motifs (C(OH)–C–C–N with tert-alkyl or cyclic N) is 1. The van der Waals surface area contributed by atoms with Crippen molar-refractivity contribution in [3.8, 4) is 0 Å². The molecule has 5 rings (SSSR count). The van der Waals surface area contributed by atoms with Crippen molar-refractivity contribution < 1.29 is 15.0 Å². The summed E-state index contributed by atoms with van der Waals surface area (Å²) in [5, 5.41) is 19.6. The van der Waals surface area contributed by atoms with Crippen LogP contribution in [-0.2, 0) is 13.1 Å². The first-order chi connectivity index (χ1) is 14.5. The van der Waals surface area contributed by atoms with Crippen LogP contribution in [0.25, 0.3) is 0 Å². The van der Waals surface area contributed by atoms with Gasteiger partial charge in [-0.1, -0.05) is 18.2 Å². The maximum Gasteiger partial charge on any atom is 0.335 e. The fourth-order valence-corrected chi connectivity index (χ4v) is 5.63. The van der Waals surface area contributed by atoms with E-state index in [1.54, 1.807) is 18.3 Å². The number of likely N-dealkylation sites (tertiary alicyclic amines) is 1. The van der Waals surface area contributed by atoms with Gasteiger partial charge in [-0.05, 0) is 35.7 Å². The van der Waals surface area contributed by atoms with E-state index in [4.69, 9.17) is 0 Å². The Labute approximate surface area is 176 Å². The van der Waals surface area contributed by atoms with E-state index < -0.39 is 5.97 Å². The van der Waals surface area contributed by atoms with Crippen LogP contribution in [0.4, 0.5) is 0 Å². The lowest BCUT2D eigenvalue weighted by Gasteiger charge is -2.61. The van der Waals surface area contributed by atoms with Crippen LogP contribution in [0.15, 0.2) is 48.8 Å². The Morgan fingerprint density at radius 1 is 1.07 bits per heavy atom. The normalized spacial score (nSPS) is 26.4. The van der Waals surface area contributed by atoms with E-state index >= 15 is 0 Å². The van der Waals surface area contributed by atoms with Gasteiger partial charge in [-0.15, -0.1) is 0 Å². The molecule has 2 unspecified atom stereocenters. The standard InChI is InChI=1S/C23H28N4O3/c28-21-8-20-12-25(11-18-4-2-6-24-9-18)14-23(27(20)13-21)15-26(16-23)10-17-3-1-5-19(7-17)22(29)30/h1-7,9,20-21,28H,8,10-16H2,(H,29,30). The molecular weight excluding hydrogens is 380 g/mol. The highest BCUT2D eigenvalue weighted by atomic mass is 16.4. The molecule has 1 aromatic carbocycles. The van der Waals surface area contributed by atoms with Crippen LogP contribution in [0.2, 0.25) is 0 Å². The van der Waals surface area contributed by atoms with E-state index in [0.29, 0.717) is 11.6 Å². The Kier molecular flexibility index (Phi) is 5.06. The van der Waals surface area contributed by atoms with Crippen molar-refractivity contribution in [3.63, 3.8) is 0 Å². The highest BCUT2D eigenvalue weighted by molar-refractivity contribution is 5.87. The van der Waals surface area contributed by atoms with Crippen LogP contribution >= 0.6 is 0 Å². The van der Waals surface area contributed by atoms with E-state index in [9.17, 15) is 15.0 Å². The van der Waals surface area contributed by atoms with Gasteiger partial charge >= 0.3 is 5.97 Å². The average molecular weight is 409 g/mol. The number of aliphatic hydroxyl groups excluding tert-OH is 1. The molecule has 2 N–H and O–H groups in total. The fourth-order valence-electron chi connectivity index (χ4n) is 5.63. The van der Waals surface area contributed by atoms with Gasteiger partial charge in [0.2, 0.25) is 0 Å². The number of pyridine rings is 1. The van der Waals surface area contributed by atoms with Gasteiger partial charge in [-0.2, -0.15) is 0 Å². The molecule has 4 heterocycles. The number of carboxylic acid groups (broad SMARTS) is 1. The number of carboxylic acids is 1. The fraction of sp³-hybridized carbons (Fsp3) is 0.478. The van der Waals surface area contributed by atoms with Crippen molar-refractivity contribution in [3.05, 3.63) is 65.5 Å². The zero-order chi connectivity index (χ0) is 20.7. The van der Waals surface area contributed by atoms with Crippen molar-refractivity contribution in [1.29, 1.82) is 0 Å². The van der Waals surface area contributed by atoms with Crippen molar-refractivity contribution in [2.75, 3.05) is 32.7 Å². The predicted molar refractivity (Wildman–Crippen MR) is 112 cm³/mol. The van der Waals surface area contributed by atoms with Crippen molar-refractivity contribution in [2.45, 2.75) is 37.2 Å². The largest absolute Gasteiger partial charge is 0.478 e. The second-order valence-corrected chi connectivity index (χ2v) is 9.10. The molecule has 7 nitrogen and oxygen atoms in total. The van der Waals surface area contributed by atoms with Crippen LogP contribution < -0.4 is 0 Å². The van der Waals surface area contributed by atoms with Crippen LogP contribution in [-0.4, -0.2) is 86.3 Å². The van der Waals surface area contributed by atoms with Crippen LogP contribution in [0.1, 0.15) is 27.9 Å². The van der Waals surface area contributed by atoms with Gasteiger partial charge in [-0.25, -0.2) is 4.79 Å². The molecule has 0 saturated carbocycles. The van der Waals surface area contributed by atoms with E-state index in [-0.39, 0.29) is 11.6 Å². The van der Waals surface area contributed by atoms with Crippen LogP contribution in [0.5, 0.6) is 0 Å². The summed E-state index contributed by atoms with van der Waals surface area (Å²) < 4.78 is 0. The molecule has 158 valence electrons. The average Bonchev–Trinajstić information content (AvgIpc) is 3.08. The minimum Gasteiger partial charge on any atom is -0.478 e. The minimum atomic E-state index is -0.885. The molecule has 3 aliphatic rings. The number of nitrogens with zero attached hydrogens (tertiary/aromatic N) is 4. The van der Waals surface area contributed by atoms with Crippen molar-refractivity contribution in [2.24, 2.45) is 0 Å². The Bertz CT molecular complexity index is 916. The molecule has 30 heavy (non-hydrogen) atoms. The number of aliphatic hydroxyl groups is 1. The number of piperazine rings is 1. The Morgan fingerprint density at radius 3 is 2.60 bits per heavy atom. The van der Waals surface area contributed by atoms with Gasteiger partial charge in [0.05, 0.1) is 17.2 Å². The minimum absolute atomic E-state index is 0.0625. The summed E-state index contributed by atoms with van der Waals surface area (Å²) in [5.74, 6) is -0.885. The molecule has 3 saturated heterocycles. The van der Waals surface area contributed by atoms with Crippen LogP contribution in [0, 0.1) is 0 Å². The Hall–Kier alpha value is -2.32. The Balaban J connectivity index is 1.29. The third kappa shape index (κ3) is 3.74. The topological polar surface area (TPSA) is 80.1 Å². The molecule has 2 atom stereocenters. The second-order valence-electron chi connectivity index (χ2n) is 9.10. The molecule has 3 aliphatic heterocycles. The van der Waals surface area contributed by atoms with Crippen molar-refractivity contribution >= 4 is 5.97 Å². The lowest BCUT2D eigenvalue weighted by molar-refractivity contribution is -0.118. The molecule has 0 aliphatic carbocycles. The van der Waals surface area contributed by atoms with Crippen LogP contribution in [0.3, 0.4) is 0 Å². The first-order valence-corrected chi connectivity index (χ1v) is 10.6. The molecule has 1 spiro atoms. The van der Waals surface area contributed by atoms with Gasteiger partial charge in [-0.3, -0.25) is 19.7 Å². The number of hydrogen-bond acceptors (Lipinski definition) is 6. The smallest absolute Gasteiger partial charge is 0.335 e. The SMILES string of the molecule is O=C(O)c1cccc(CN2CC3(CN(Cc4cccnc4)CC4CC(O)CN43)C2)c1. The third-order valence-corrected chi connectivity index (χ3v) is 6.73. The predicted octanol–water partition coefficient (Wildman–Crippen LogP) is 1.29. The summed E-state index contributed by atoms with van der Waals surface area (Å²) >= 11 is 0. The molecule has 0 amide bonds. The quantitative estimate of drug-likeness (QED) is 0.772. The van der Waals surface area contributed by atoms with Gasteiger partial charge in [0.15, 0.2) is 0 Å². The number of hydrogen-bond donors (Lipinski definition) is 2.